The quantitative estimate of drug-likeness (QED) is 0.905. The lowest BCUT2D eigenvalue weighted by Gasteiger charge is -2.21. The highest BCUT2D eigenvalue weighted by atomic mass is 35.5. The van der Waals surface area contributed by atoms with Gasteiger partial charge in [-0.1, -0.05) is 12.1 Å². The van der Waals surface area contributed by atoms with Gasteiger partial charge in [0, 0.05) is 24.8 Å². The molecule has 2 N–H and O–H groups in total. The van der Waals surface area contributed by atoms with Gasteiger partial charge in [-0.3, -0.25) is 4.79 Å². The predicted molar refractivity (Wildman–Crippen MR) is 87.9 cm³/mol. The molecule has 1 amide bonds. The maximum Gasteiger partial charge on any atom is 0.231 e. The zero-order valence-electron chi connectivity index (χ0n) is 12.7. The van der Waals surface area contributed by atoms with E-state index in [9.17, 15) is 4.79 Å². The Labute approximate surface area is 135 Å². The summed E-state index contributed by atoms with van der Waals surface area (Å²) in [5, 5.41) is 14.2. The normalized spacial score (nSPS) is 20.5. The molecule has 1 aromatic heterocycles. The van der Waals surface area contributed by atoms with Crippen molar-refractivity contribution in [2.75, 3.05) is 18.4 Å². The minimum Gasteiger partial charge on any atom is -0.326 e. The van der Waals surface area contributed by atoms with Gasteiger partial charge in [0.2, 0.25) is 5.91 Å². The van der Waals surface area contributed by atoms with Gasteiger partial charge in [0.15, 0.2) is 5.82 Å². The maximum atomic E-state index is 12.4. The second-order valence-electron chi connectivity index (χ2n) is 5.79. The van der Waals surface area contributed by atoms with Crippen LogP contribution in [-0.2, 0) is 11.8 Å². The van der Waals surface area contributed by atoms with Crippen LogP contribution in [0.4, 0.5) is 5.69 Å². The van der Waals surface area contributed by atoms with Gasteiger partial charge in [0.25, 0.3) is 0 Å². The van der Waals surface area contributed by atoms with Gasteiger partial charge in [-0.25, -0.2) is 0 Å². The van der Waals surface area contributed by atoms with Crippen LogP contribution in [0.5, 0.6) is 0 Å². The molecule has 1 saturated heterocycles. The van der Waals surface area contributed by atoms with E-state index in [1.54, 1.807) is 6.33 Å². The third-order valence-electron chi connectivity index (χ3n) is 4.01. The van der Waals surface area contributed by atoms with E-state index in [0.29, 0.717) is 0 Å². The number of benzene rings is 1. The predicted octanol–water partition coefficient (Wildman–Crippen LogP) is 1.84. The molecule has 1 aromatic carbocycles. The number of aromatic nitrogens is 3. The van der Waals surface area contributed by atoms with Crippen LogP contribution in [0.25, 0.3) is 11.4 Å². The van der Waals surface area contributed by atoms with Crippen molar-refractivity contribution in [1.29, 1.82) is 0 Å². The lowest BCUT2D eigenvalue weighted by molar-refractivity contribution is -0.123. The first-order chi connectivity index (χ1) is 10.1. The topological polar surface area (TPSA) is 71.8 Å². The molecule has 0 bridgehead atoms. The minimum absolute atomic E-state index is 0. The van der Waals surface area contributed by atoms with E-state index in [0.717, 1.165) is 36.6 Å². The van der Waals surface area contributed by atoms with Crippen LogP contribution in [0.2, 0.25) is 0 Å². The maximum absolute atomic E-state index is 12.4. The number of carbonyl (C=O) groups is 1. The van der Waals surface area contributed by atoms with Crippen molar-refractivity contribution in [3.63, 3.8) is 0 Å². The average molecular weight is 322 g/mol. The molecule has 118 valence electrons. The van der Waals surface area contributed by atoms with Crippen LogP contribution in [-0.4, -0.2) is 33.8 Å². The molecule has 1 fully saturated rings. The Morgan fingerprint density at radius 2 is 2.27 bits per heavy atom. The van der Waals surface area contributed by atoms with E-state index in [2.05, 4.69) is 20.8 Å². The third kappa shape index (κ3) is 3.13. The zero-order valence-corrected chi connectivity index (χ0v) is 13.5. The van der Waals surface area contributed by atoms with E-state index >= 15 is 0 Å². The second-order valence-corrected chi connectivity index (χ2v) is 5.79. The van der Waals surface area contributed by atoms with Crippen molar-refractivity contribution >= 4 is 24.0 Å². The lowest BCUT2D eigenvalue weighted by Crippen LogP contribution is -2.35. The lowest BCUT2D eigenvalue weighted by atomic mass is 9.88. The summed E-state index contributed by atoms with van der Waals surface area (Å²) in [6.45, 7) is 3.61. The average Bonchev–Trinajstić information content (AvgIpc) is 3.09. The summed E-state index contributed by atoms with van der Waals surface area (Å²) in [6, 6.07) is 7.69. The Morgan fingerprint density at radius 3 is 2.91 bits per heavy atom. The highest BCUT2D eigenvalue weighted by molar-refractivity contribution is 5.96. The number of hydrogen-bond donors (Lipinski definition) is 2. The smallest absolute Gasteiger partial charge is 0.231 e. The fourth-order valence-electron chi connectivity index (χ4n) is 2.57. The molecule has 3 rings (SSSR count). The summed E-state index contributed by atoms with van der Waals surface area (Å²) in [5.74, 6) is 0.836. The molecule has 7 heteroatoms. The number of rotatable bonds is 3. The molecule has 1 unspecified atom stereocenters. The van der Waals surface area contributed by atoms with Crippen LogP contribution < -0.4 is 10.6 Å². The number of carbonyl (C=O) groups excluding carboxylic acids is 1. The van der Waals surface area contributed by atoms with Crippen molar-refractivity contribution in [3.05, 3.63) is 30.6 Å². The number of nitrogens with one attached hydrogen (secondary N) is 2. The van der Waals surface area contributed by atoms with E-state index in [4.69, 9.17) is 0 Å². The Morgan fingerprint density at radius 1 is 1.45 bits per heavy atom. The first-order valence-corrected chi connectivity index (χ1v) is 7.05. The fourth-order valence-corrected chi connectivity index (χ4v) is 2.57. The summed E-state index contributed by atoms with van der Waals surface area (Å²) in [5.41, 5.74) is 1.39. The van der Waals surface area contributed by atoms with E-state index < -0.39 is 0 Å². The van der Waals surface area contributed by atoms with Gasteiger partial charge in [-0.05, 0) is 32.0 Å². The summed E-state index contributed by atoms with van der Waals surface area (Å²) >= 11 is 0. The summed E-state index contributed by atoms with van der Waals surface area (Å²) < 4.78 is 1.85. The molecular weight excluding hydrogens is 302 g/mol. The Balaban J connectivity index is 0.00000176. The molecule has 1 aliphatic heterocycles. The van der Waals surface area contributed by atoms with E-state index in [1.807, 2.05) is 42.8 Å². The SMILES string of the molecule is Cl.Cn1cnnc1-c1cccc(NC(=O)C2(C)CCNC2)c1. The number of nitrogens with zero attached hydrogens (tertiary/aromatic N) is 3. The van der Waals surface area contributed by atoms with Crippen molar-refractivity contribution in [2.24, 2.45) is 12.5 Å². The number of hydrogen-bond acceptors (Lipinski definition) is 4. The minimum atomic E-state index is -0.333. The van der Waals surface area contributed by atoms with Crippen molar-refractivity contribution < 1.29 is 4.79 Å². The number of amides is 1. The highest BCUT2D eigenvalue weighted by Gasteiger charge is 2.36. The van der Waals surface area contributed by atoms with Crippen LogP contribution in [0.3, 0.4) is 0 Å². The van der Waals surface area contributed by atoms with E-state index in [-0.39, 0.29) is 23.7 Å². The van der Waals surface area contributed by atoms with Gasteiger partial charge < -0.3 is 15.2 Å². The monoisotopic (exact) mass is 321 g/mol. The van der Waals surface area contributed by atoms with Gasteiger partial charge in [-0.15, -0.1) is 22.6 Å². The second kappa shape index (κ2) is 6.46. The summed E-state index contributed by atoms with van der Waals surface area (Å²) in [6.07, 6.45) is 2.52. The molecule has 0 spiro atoms. The zero-order chi connectivity index (χ0) is 14.9. The van der Waals surface area contributed by atoms with Crippen molar-refractivity contribution in [1.82, 2.24) is 20.1 Å². The van der Waals surface area contributed by atoms with Gasteiger partial charge in [-0.2, -0.15) is 0 Å². The number of anilines is 1. The standard InChI is InChI=1S/C15H19N5O.ClH/c1-15(6-7-16-9-15)14(21)18-12-5-3-4-11(8-12)13-19-17-10-20(13)2;/h3-5,8,10,16H,6-7,9H2,1-2H3,(H,18,21);1H. The van der Waals surface area contributed by atoms with Gasteiger partial charge in [0.05, 0.1) is 5.41 Å². The number of aryl methyl sites for hydroxylation is 1. The molecule has 6 nitrogen and oxygen atoms in total. The fraction of sp³-hybridized carbons (Fsp3) is 0.400. The first-order valence-electron chi connectivity index (χ1n) is 7.05. The summed E-state index contributed by atoms with van der Waals surface area (Å²) in [7, 11) is 1.89. The molecular formula is C15H20ClN5O. The molecule has 22 heavy (non-hydrogen) atoms. The van der Waals surface area contributed by atoms with Crippen molar-refractivity contribution in [3.8, 4) is 11.4 Å². The van der Waals surface area contributed by atoms with Crippen LogP contribution in [0.1, 0.15) is 13.3 Å². The van der Waals surface area contributed by atoms with Crippen LogP contribution in [0, 0.1) is 5.41 Å². The van der Waals surface area contributed by atoms with Crippen LogP contribution in [0.15, 0.2) is 30.6 Å². The molecule has 0 radical (unpaired) electrons. The largest absolute Gasteiger partial charge is 0.326 e. The Bertz CT molecular complexity index is 663. The molecule has 1 aliphatic rings. The third-order valence-corrected chi connectivity index (χ3v) is 4.01. The van der Waals surface area contributed by atoms with Crippen molar-refractivity contribution in [2.45, 2.75) is 13.3 Å². The highest BCUT2D eigenvalue weighted by Crippen LogP contribution is 2.27. The Hall–Kier alpha value is -1.92. The Kier molecular flexibility index (Phi) is 4.83. The van der Waals surface area contributed by atoms with E-state index in [1.165, 1.54) is 0 Å². The summed E-state index contributed by atoms with van der Waals surface area (Å²) in [4.78, 5) is 12.4. The molecule has 2 heterocycles. The first kappa shape index (κ1) is 16.5. The van der Waals surface area contributed by atoms with Crippen LogP contribution >= 0.6 is 12.4 Å². The molecule has 2 aromatic rings. The van der Waals surface area contributed by atoms with Gasteiger partial charge in [0.1, 0.15) is 6.33 Å². The molecule has 0 saturated carbocycles. The molecule has 0 aliphatic carbocycles. The van der Waals surface area contributed by atoms with Gasteiger partial charge >= 0.3 is 0 Å². The number of halogens is 1. The molecule has 1 atom stereocenters.